The minimum Gasteiger partial charge on any atom is -0.462 e. The fourth-order valence-corrected chi connectivity index (χ4v) is 12.4. The maximum Gasteiger partial charge on any atom is 0.472 e. The molecule has 90 heavy (non-hydrogen) atoms. The van der Waals surface area contributed by atoms with E-state index in [9.17, 15) is 43.2 Å². The second kappa shape index (κ2) is 65.7. The number of phosphoric ester groups is 2. The molecule has 0 spiro atoms. The Hall–Kier alpha value is -1.94. The highest BCUT2D eigenvalue weighted by molar-refractivity contribution is 7.47. The molecule has 0 aromatic heterocycles. The summed E-state index contributed by atoms with van der Waals surface area (Å²) in [5, 5.41) is 10.6. The summed E-state index contributed by atoms with van der Waals surface area (Å²) in [5.41, 5.74) is 0. The molecule has 0 aromatic carbocycles. The lowest BCUT2D eigenvalue weighted by Crippen LogP contribution is -2.30. The molecule has 0 radical (unpaired) electrons. The number of rotatable bonds is 72. The van der Waals surface area contributed by atoms with E-state index in [2.05, 4.69) is 27.7 Å². The lowest BCUT2D eigenvalue weighted by Gasteiger charge is -2.21. The quantitative estimate of drug-likeness (QED) is 0.0222. The average Bonchev–Trinajstić information content (AvgIpc) is 3.26. The van der Waals surface area contributed by atoms with Gasteiger partial charge in [0.15, 0.2) is 12.2 Å². The van der Waals surface area contributed by atoms with Crippen LogP contribution in [0.3, 0.4) is 0 Å². The molecule has 534 valence electrons. The lowest BCUT2D eigenvalue weighted by molar-refractivity contribution is -0.161. The molecule has 0 aliphatic rings. The summed E-state index contributed by atoms with van der Waals surface area (Å²) in [5.74, 6) is -2.12. The molecule has 0 aromatic rings. The van der Waals surface area contributed by atoms with Gasteiger partial charge in [-0.3, -0.25) is 37.3 Å². The number of carbonyl (C=O) groups excluding carboxylic acids is 4. The molecule has 0 fully saturated rings. The molecule has 0 saturated heterocycles. The van der Waals surface area contributed by atoms with Crippen LogP contribution in [0.2, 0.25) is 0 Å². The predicted molar refractivity (Wildman–Crippen MR) is 363 cm³/mol. The molecule has 0 rings (SSSR count). The fourth-order valence-electron chi connectivity index (χ4n) is 10.9. The number of hydrogen-bond acceptors (Lipinski definition) is 15. The van der Waals surface area contributed by atoms with Gasteiger partial charge in [-0.15, -0.1) is 0 Å². The first kappa shape index (κ1) is 88.1. The van der Waals surface area contributed by atoms with Gasteiger partial charge < -0.3 is 33.8 Å². The van der Waals surface area contributed by atoms with Crippen molar-refractivity contribution in [2.24, 2.45) is 0 Å². The van der Waals surface area contributed by atoms with Gasteiger partial charge in [-0.25, -0.2) is 9.13 Å². The van der Waals surface area contributed by atoms with Gasteiger partial charge in [0.05, 0.1) is 26.4 Å². The molecule has 0 saturated carbocycles. The van der Waals surface area contributed by atoms with Crippen LogP contribution >= 0.6 is 15.6 Å². The van der Waals surface area contributed by atoms with Crippen LogP contribution in [-0.4, -0.2) is 96.7 Å². The van der Waals surface area contributed by atoms with Crippen molar-refractivity contribution in [3.05, 3.63) is 0 Å². The Bertz CT molecular complexity index is 1720. The van der Waals surface area contributed by atoms with Gasteiger partial charge in [0.2, 0.25) is 0 Å². The van der Waals surface area contributed by atoms with E-state index in [-0.39, 0.29) is 25.7 Å². The monoisotopic (exact) mass is 1320 g/mol. The summed E-state index contributed by atoms with van der Waals surface area (Å²) in [4.78, 5) is 72.4. The Kier molecular flexibility index (Phi) is 64.3. The van der Waals surface area contributed by atoms with E-state index in [0.717, 1.165) is 103 Å². The number of carbonyl (C=O) groups is 4. The fraction of sp³-hybridized carbons (Fsp3) is 0.944. The van der Waals surface area contributed by atoms with E-state index in [1.807, 2.05) is 0 Å². The molecule has 17 nitrogen and oxygen atoms in total. The van der Waals surface area contributed by atoms with Crippen LogP contribution in [0.4, 0.5) is 0 Å². The SMILES string of the molecule is CCCCCCCCCCCCCCCCCCCCC(=O)O[C@H](COC(=O)CCCCCCCCCCCCCCCC)COP(=O)(O)OC[C@@H](O)COP(=O)(O)OC[C@@H](COC(=O)CCCCCCCCC)OC(=O)CCCCCCCCCCCCC. The second-order valence-electron chi connectivity index (χ2n) is 25.6. The first-order valence-electron chi connectivity index (χ1n) is 37.3. The Labute approximate surface area is 549 Å². The van der Waals surface area contributed by atoms with Crippen LogP contribution in [0.25, 0.3) is 0 Å². The maximum absolute atomic E-state index is 13.0. The van der Waals surface area contributed by atoms with Gasteiger partial charge in [0, 0.05) is 25.7 Å². The van der Waals surface area contributed by atoms with E-state index >= 15 is 0 Å². The van der Waals surface area contributed by atoms with Crippen LogP contribution in [0.1, 0.15) is 374 Å². The third-order valence-corrected chi connectivity index (χ3v) is 18.5. The van der Waals surface area contributed by atoms with Crippen molar-refractivity contribution in [2.45, 2.75) is 393 Å². The number of hydrogen-bond donors (Lipinski definition) is 3. The molecule has 5 atom stereocenters. The van der Waals surface area contributed by atoms with Crippen molar-refractivity contribution < 1.29 is 80.2 Å². The lowest BCUT2D eigenvalue weighted by atomic mass is 10.0. The normalized spacial score (nSPS) is 14.0. The minimum atomic E-state index is -4.95. The third-order valence-electron chi connectivity index (χ3n) is 16.6. The zero-order valence-corrected chi connectivity index (χ0v) is 59.9. The zero-order valence-electron chi connectivity index (χ0n) is 58.1. The highest BCUT2D eigenvalue weighted by Crippen LogP contribution is 2.45. The van der Waals surface area contributed by atoms with E-state index in [1.54, 1.807) is 0 Å². The Morgan fingerprint density at radius 2 is 0.444 bits per heavy atom. The van der Waals surface area contributed by atoms with Crippen molar-refractivity contribution in [3.8, 4) is 0 Å². The number of esters is 4. The molecular formula is C71H138O17P2. The average molecular weight is 1330 g/mol. The van der Waals surface area contributed by atoms with E-state index < -0.39 is 97.5 Å². The van der Waals surface area contributed by atoms with Crippen molar-refractivity contribution in [1.82, 2.24) is 0 Å². The minimum absolute atomic E-state index is 0.107. The standard InChI is InChI=1S/C71H138O17P2/c1-5-9-13-17-21-24-27-29-31-32-33-34-36-39-42-46-50-54-58-71(76)88-67(62-82-69(74)56-52-48-44-40-38-35-30-28-25-22-18-14-10-6-2)64-86-90(79,80)84-60-65(72)59-83-89(77,78)85-63-66(61-81-68(73)55-51-47-43-20-16-12-8-4)87-70(75)57-53-49-45-41-37-26-23-19-15-11-7-3/h65-67,72H,5-64H2,1-4H3,(H,77,78)(H,79,80)/t65-,66+,67+/m0/s1. The first-order valence-corrected chi connectivity index (χ1v) is 40.3. The highest BCUT2D eigenvalue weighted by atomic mass is 31.2. The molecule has 0 amide bonds. The van der Waals surface area contributed by atoms with Crippen molar-refractivity contribution >= 4 is 39.5 Å². The smallest absolute Gasteiger partial charge is 0.462 e. The molecule has 0 heterocycles. The number of phosphoric acid groups is 2. The van der Waals surface area contributed by atoms with Crippen LogP contribution in [0, 0.1) is 0 Å². The summed E-state index contributed by atoms with van der Waals surface area (Å²) < 4.78 is 68.2. The van der Waals surface area contributed by atoms with Gasteiger partial charge in [-0.1, -0.05) is 323 Å². The summed E-state index contributed by atoms with van der Waals surface area (Å²) >= 11 is 0. The van der Waals surface area contributed by atoms with Crippen molar-refractivity contribution in [1.29, 1.82) is 0 Å². The maximum atomic E-state index is 13.0. The molecule has 19 heteroatoms. The van der Waals surface area contributed by atoms with Crippen molar-refractivity contribution in [2.75, 3.05) is 39.6 Å². The Balaban J connectivity index is 5.18. The van der Waals surface area contributed by atoms with Gasteiger partial charge in [0.25, 0.3) is 0 Å². The van der Waals surface area contributed by atoms with Gasteiger partial charge >= 0.3 is 39.5 Å². The van der Waals surface area contributed by atoms with Gasteiger partial charge in [0.1, 0.15) is 19.3 Å². The first-order chi connectivity index (χ1) is 43.7. The largest absolute Gasteiger partial charge is 0.472 e. The summed E-state index contributed by atoms with van der Waals surface area (Å²) in [7, 11) is -9.89. The van der Waals surface area contributed by atoms with E-state index in [0.29, 0.717) is 25.7 Å². The second-order valence-corrected chi connectivity index (χ2v) is 28.5. The highest BCUT2D eigenvalue weighted by Gasteiger charge is 2.30. The predicted octanol–water partition coefficient (Wildman–Crippen LogP) is 20.7. The van der Waals surface area contributed by atoms with Crippen LogP contribution < -0.4 is 0 Å². The molecule has 0 bridgehead atoms. The molecular weight excluding hydrogens is 1190 g/mol. The van der Waals surface area contributed by atoms with Crippen LogP contribution in [0.5, 0.6) is 0 Å². The number of ether oxygens (including phenoxy) is 4. The number of unbranched alkanes of at least 4 members (excludes halogenated alkanes) is 46. The molecule has 0 aliphatic heterocycles. The Morgan fingerprint density at radius 3 is 0.656 bits per heavy atom. The summed E-state index contributed by atoms with van der Waals surface area (Å²) in [6, 6.07) is 0. The zero-order chi connectivity index (χ0) is 66.1. The van der Waals surface area contributed by atoms with Gasteiger partial charge in [-0.2, -0.15) is 0 Å². The van der Waals surface area contributed by atoms with Crippen LogP contribution in [-0.2, 0) is 65.4 Å². The molecule has 2 unspecified atom stereocenters. The van der Waals surface area contributed by atoms with Gasteiger partial charge in [-0.05, 0) is 25.7 Å². The van der Waals surface area contributed by atoms with Crippen molar-refractivity contribution in [3.63, 3.8) is 0 Å². The number of aliphatic hydroxyl groups excluding tert-OH is 1. The topological polar surface area (TPSA) is 237 Å². The van der Waals surface area contributed by atoms with Crippen LogP contribution in [0.15, 0.2) is 0 Å². The Morgan fingerprint density at radius 1 is 0.267 bits per heavy atom. The molecule has 0 aliphatic carbocycles. The summed E-state index contributed by atoms with van der Waals surface area (Å²) in [6.45, 7) is 4.91. The summed E-state index contributed by atoms with van der Waals surface area (Å²) in [6.07, 6.45) is 54.2. The van der Waals surface area contributed by atoms with E-state index in [4.69, 9.17) is 37.0 Å². The van der Waals surface area contributed by atoms with E-state index in [1.165, 1.54) is 193 Å². The third kappa shape index (κ3) is 64.8. The molecule has 3 N–H and O–H groups in total. The number of aliphatic hydroxyl groups is 1.